The first-order valence-electron chi connectivity index (χ1n) is 26.7. The van der Waals surface area contributed by atoms with Gasteiger partial charge in [-0.05, 0) is 80.4 Å². The number of fused-ring (bicyclic) bond motifs is 4. The number of amides is 1. The first kappa shape index (κ1) is 52.2. The van der Waals surface area contributed by atoms with Gasteiger partial charge in [-0.1, -0.05) is 36.4 Å². The lowest BCUT2D eigenvalue weighted by Gasteiger charge is -2.36. The molecule has 20 nitrogen and oxygen atoms in total. The lowest BCUT2D eigenvalue weighted by Crippen LogP contribution is -2.50. The van der Waals surface area contributed by atoms with Gasteiger partial charge in [0.15, 0.2) is 23.3 Å². The normalized spacial score (nSPS) is 14.0. The smallest absolute Gasteiger partial charge is 0.410 e. The summed E-state index contributed by atoms with van der Waals surface area (Å²) >= 11 is 0. The number of ether oxygens (including phenoxy) is 1. The van der Waals surface area contributed by atoms with Crippen LogP contribution in [0.3, 0.4) is 0 Å². The van der Waals surface area contributed by atoms with Crippen LogP contribution in [0.15, 0.2) is 135 Å². The van der Waals surface area contributed by atoms with E-state index in [9.17, 15) is 22.4 Å². The van der Waals surface area contributed by atoms with Gasteiger partial charge in [0.1, 0.15) is 42.5 Å². The van der Waals surface area contributed by atoms with Crippen molar-refractivity contribution in [2.24, 2.45) is 0 Å². The number of carbonyl (C=O) groups excluding carboxylic acids is 1. The number of hydrogen-bond donors (Lipinski definition) is 3. The van der Waals surface area contributed by atoms with Crippen LogP contribution in [0.2, 0.25) is 0 Å². The van der Waals surface area contributed by atoms with E-state index in [2.05, 4.69) is 61.5 Å². The van der Waals surface area contributed by atoms with Crippen molar-refractivity contribution in [2.45, 2.75) is 26.4 Å². The fraction of sp³-hybridized carbons (Fsp3) is 0.203. The molecule has 0 saturated carbocycles. The van der Waals surface area contributed by atoms with Crippen LogP contribution in [-0.4, -0.2) is 138 Å². The Morgan fingerprint density at radius 2 is 1.01 bits per heavy atom. The second-order valence-corrected chi connectivity index (χ2v) is 20.8. The van der Waals surface area contributed by atoms with Gasteiger partial charge in [0.05, 0.1) is 44.5 Å². The largest absolute Gasteiger partial charge is 0.444 e. The molecular weight excluding hydrogens is 1070 g/mol. The molecule has 0 aliphatic carbocycles. The van der Waals surface area contributed by atoms with E-state index in [-0.39, 0.29) is 17.2 Å². The van der Waals surface area contributed by atoms with Gasteiger partial charge in [-0.3, -0.25) is 19.3 Å². The molecule has 0 unspecified atom stereocenters. The molecule has 416 valence electrons. The van der Waals surface area contributed by atoms with Gasteiger partial charge in [-0.15, -0.1) is 0 Å². The van der Waals surface area contributed by atoms with Crippen molar-refractivity contribution < 1.29 is 27.1 Å². The van der Waals surface area contributed by atoms with E-state index in [0.29, 0.717) is 82.1 Å². The minimum Gasteiger partial charge on any atom is -0.444 e. The van der Waals surface area contributed by atoms with Gasteiger partial charge in [0.25, 0.3) is 0 Å². The molecule has 12 aromatic rings. The minimum absolute atomic E-state index is 0.0565. The summed E-state index contributed by atoms with van der Waals surface area (Å²) in [4.78, 5) is 53.6. The summed E-state index contributed by atoms with van der Waals surface area (Å²) in [6.45, 7) is 11.1. The molecule has 3 N–H and O–H groups in total. The van der Waals surface area contributed by atoms with Crippen LogP contribution in [0.4, 0.5) is 34.0 Å². The molecule has 2 aliphatic rings. The number of pyridine rings is 4. The Hall–Kier alpha value is -10.2. The maximum Gasteiger partial charge on any atom is 0.410 e. The topological polar surface area (TPSA) is 218 Å². The lowest BCUT2D eigenvalue weighted by molar-refractivity contribution is 0.0240. The van der Waals surface area contributed by atoms with E-state index >= 15 is 0 Å². The highest BCUT2D eigenvalue weighted by molar-refractivity contribution is 6.00. The summed E-state index contributed by atoms with van der Waals surface area (Å²) in [5.74, 6) is -1.88. The molecule has 10 heterocycles. The van der Waals surface area contributed by atoms with E-state index in [4.69, 9.17) is 24.7 Å². The third-order valence-corrected chi connectivity index (χ3v) is 14.5. The summed E-state index contributed by atoms with van der Waals surface area (Å²) in [5.41, 5.74) is 7.56. The highest BCUT2D eigenvalue weighted by Crippen LogP contribution is 2.39. The number of H-pyrrole nitrogens is 2. The number of aromatic nitrogens is 14. The standard InChI is InChI=1S/C32H29F2N9O2.C27H21F2N9/c1-32(2,3)45-31(44)42-12-10-41(11-13-42)26-16-24(21-6-4-5-7-23(21)39-26)43-18-37-28-22(30-36-17-38-40-30)14-19(15-25(28)43)20-8-9-35-29(34)27(20)33;28-24-17(5-6-31-26(24)29)16-11-19(27-32-14-34-36-27)25-22(12-16)38(15-33-25)21-13-23(37-9-7-30-8-10-37)35-20-4-2-1-3-18(20)21/h4-9,14-18H,10-13H2,1-3H3,(H,36,38,40);1-6,11-15,30H,7-10H2,(H,32,34,36). The SMILES string of the molecule is CC(C)(C)OC(=O)N1CCN(c2cc(-n3cnc4c(-c5ncn[nH]5)cc(-c5ccnc(F)c5F)cc43)c3ccccc3n2)CC1.Fc1nccc(-c2cc(-c3ncn[nH]3)c3ncn(-c4cc(N5CCNCC5)nc5ccccc45)c3c2)c1F. The maximum atomic E-state index is 15.0. The molecule has 83 heavy (non-hydrogen) atoms. The Bertz CT molecular complexity index is 4400. The summed E-state index contributed by atoms with van der Waals surface area (Å²) in [7, 11) is 0. The first-order chi connectivity index (χ1) is 40.3. The molecule has 0 spiro atoms. The molecule has 4 aromatic carbocycles. The number of piperazine rings is 2. The van der Waals surface area contributed by atoms with Crippen LogP contribution in [0.25, 0.3) is 100 Å². The van der Waals surface area contributed by atoms with E-state index in [1.807, 2.05) is 84.5 Å². The van der Waals surface area contributed by atoms with Gasteiger partial charge < -0.3 is 24.8 Å². The Morgan fingerprint density at radius 1 is 0.542 bits per heavy atom. The number of nitrogens with zero attached hydrogens (tertiary/aromatic N) is 15. The number of rotatable bonds is 8. The average Bonchev–Trinajstić information content (AvgIpc) is 4.12. The van der Waals surface area contributed by atoms with E-state index in [1.54, 1.807) is 41.8 Å². The van der Waals surface area contributed by atoms with Crippen LogP contribution in [0.5, 0.6) is 0 Å². The maximum absolute atomic E-state index is 15.0. The van der Waals surface area contributed by atoms with Crippen molar-refractivity contribution >= 4 is 61.6 Å². The van der Waals surface area contributed by atoms with Crippen molar-refractivity contribution in [1.29, 1.82) is 0 Å². The Labute approximate surface area is 469 Å². The first-order valence-corrected chi connectivity index (χ1v) is 26.7. The van der Waals surface area contributed by atoms with Gasteiger partial charge in [0.2, 0.25) is 11.9 Å². The second kappa shape index (κ2) is 21.3. The molecule has 2 fully saturated rings. The number of benzene rings is 4. The Balaban J connectivity index is 0.000000157. The number of imidazole rings is 2. The number of para-hydroxylation sites is 2. The van der Waals surface area contributed by atoms with E-state index in [1.165, 1.54) is 37.2 Å². The summed E-state index contributed by atoms with van der Waals surface area (Å²) in [5, 5.41) is 18.9. The quantitative estimate of drug-likeness (QED) is 0.0953. The van der Waals surface area contributed by atoms with Crippen LogP contribution < -0.4 is 15.1 Å². The zero-order chi connectivity index (χ0) is 56.9. The van der Waals surface area contributed by atoms with E-state index < -0.39 is 29.1 Å². The van der Waals surface area contributed by atoms with Crippen LogP contribution in [-0.2, 0) is 4.74 Å². The summed E-state index contributed by atoms with van der Waals surface area (Å²) in [6.07, 6.45) is 8.36. The zero-order valence-electron chi connectivity index (χ0n) is 44.9. The molecule has 2 saturated heterocycles. The van der Waals surface area contributed by atoms with Crippen LogP contribution in [0, 0.1) is 23.5 Å². The molecule has 14 rings (SSSR count). The van der Waals surface area contributed by atoms with Crippen molar-refractivity contribution in [3.63, 3.8) is 0 Å². The molecule has 8 aromatic heterocycles. The van der Waals surface area contributed by atoms with Gasteiger partial charge >= 0.3 is 6.09 Å². The number of aromatic amines is 2. The summed E-state index contributed by atoms with van der Waals surface area (Å²) in [6, 6.07) is 29.7. The third kappa shape index (κ3) is 10.0. The van der Waals surface area contributed by atoms with Crippen molar-refractivity contribution in [2.75, 3.05) is 62.2 Å². The van der Waals surface area contributed by atoms with Gasteiger partial charge in [0, 0.05) is 110 Å². The van der Waals surface area contributed by atoms with Crippen LogP contribution >= 0.6 is 0 Å². The second-order valence-electron chi connectivity index (χ2n) is 20.8. The molecular formula is C59H50F4N18O2. The van der Waals surface area contributed by atoms with Crippen molar-refractivity contribution in [3.8, 4) is 56.4 Å². The number of nitrogens with one attached hydrogen (secondary N) is 3. The monoisotopic (exact) mass is 1120 g/mol. The third-order valence-electron chi connectivity index (χ3n) is 14.5. The molecule has 1 amide bonds. The molecule has 0 radical (unpaired) electrons. The molecule has 24 heteroatoms. The highest BCUT2D eigenvalue weighted by atomic mass is 19.2. The van der Waals surface area contributed by atoms with Gasteiger partial charge in [-0.25, -0.2) is 53.4 Å². The number of halogens is 4. The average molecular weight is 1120 g/mol. The van der Waals surface area contributed by atoms with Crippen molar-refractivity contribution in [3.05, 3.63) is 158 Å². The highest BCUT2D eigenvalue weighted by Gasteiger charge is 2.28. The fourth-order valence-corrected chi connectivity index (χ4v) is 10.6. The number of hydrogen-bond acceptors (Lipinski definition) is 15. The molecule has 0 atom stereocenters. The molecule has 0 bridgehead atoms. The predicted octanol–water partition coefficient (Wildman–Crippen LogP) is 9.86. The fourth-order valence-electron chi connectivity index (χ4n) is 10.6. The summed E-state index contributed by atoms with van der Waals surface area (Å²) < 4.78 is 67.6. The van der Waals surface area contributed by atoms with Crippen LogP contribution in [0.1, 0.15) is 20.8 Å². The molecule has 2 aliphatic heterocycles. The minimum atomic E-state index is -1.18. The Morgan fingerprint density at radius 3 is 1.47 bits per heavy atom. The Kier molecular flexibility index (Phi) is 13.4. The van der Waals surface area contributed by atoms with Gasteiger partial charge in [-0.2, -0.15) is 19.0 Å². The van der Waals surface area contributed by atoms with Crippen molar-refractivity contribution in [1.82, 2.24) is 79.6 Å². The number of carbonyl (C=O) groups is 1. The predicted molar refractivity (Wildman–Crippen MR) is 305 cm³/mol. The lowest BCUT2D eigenvalue weighted by atomic mass is 10.0. The van der Waals surface area contributed by atoms with E-state index in [0.717, 1.165) is 71.0 Å². The number of anilines is 2. The zero-order valence-corrected chi connectivity index (χ0v) is 44.9.